The lowest BCUT2D eigenvalue weighted by molar-refractivity contribution is 0.415. The molecule has 0 aliphatic heterocycles. The van der Waals surface area contributed by atoms with E-state index in [1.807, 2.05) is 6.07 Å². The lowest BCUT2D eigenvalue weighted by Crippen LogP contribution is -2.74. The van der Waals surface area contributed by atoms with Gasteiger partial charge in [0, 0.05) is 0 Å². The summed E-state index contributed by atoms with van der Waals surface area (Å²) in [6.45, 7) is 0. The molecule has 0 aliphatic carbocycles. The fourth-order valence-corrected chi connectivity index (χ4v) is 9.43. The number of rotatable bonds is 5. The summed E-state index contributed by atoms with van der Waals surface area (Å²) < 4.78 is 5.44. The summed E-state index contributed by atoms with van der Waals surface area (Å²) in [6.07, 6.45) is 0. The minimum Gasteiger partial charge on any atom is -0.497 e. The van der Waals surface area contributed by atoms with Crippen LogP contribution in [-0.4, -0.2) is 15.2 Å². The van der Waals surface area contributed by atoms with Crippen molar-refractivity contribution in [2.45, 2.75) is 0 Å². The van der Waals surface area contributed by atoms with E-state index < -0.39 is 8.07 Å². The highest BCUT2D eigenvalue weighted by Crippen LogP contribution is 2.21. The Bertz CT molecular complexity index is 1200. The van der Waals surface area contributed by atoms with Crippen molar-refractivity contribution in [2.75, 3.05) is 7.11 Å². The zero-order valence-corrected chi connectivity index (χ0v) is 18.5. The minimum atomic E-state index is -2.47. The Labute approximate surface area is 184 Å². The molecule has 0 unspecified atom stereocenters. The molecule has 0 fully saturated rings. The van der Waals surface area contributed by atoms with Crippen LogP contribution in [0.3, 0.4) is 0 Å². The van der Waals surface area contributed by atoms with Crippen molar-refractivity contribution in [1.82, 2.24) is 0 Å². The third-order valence-electron chi connectivity index (χ3n) is 6.10. The van der Waals surface area contributed by atoms with Crippen LogP contribution in [0.1, 0.15) is 0 Å². The van der Waals surface area contributed by atoms with Gasteiger partial charge in [-0.25, -0.2) is 0 Å². The largest absolute Gasteiger partial charge is 0.497 e. The molecule has 1 nitrogen and oxygen atoms in total. The Morgan fingerprint density at radius 1 is 0.452 bits per heavy atom. The summed E-state index contributed by atoms with van der Waals surface area (Å²) in [5.41, 5.74) is 0. The zero-order chi connectivity index (χ0) is 21.1. The van der Waals surface area contributed by atoms with Gasteiger partial charge in [0.15, 0.2) is 8.07 Å². The van der Waals surface area contributed by atoms with Crippen molar-refractivity contribution < 1.29 is 4.74 Å². The van der Waals surface area contributed by atoms with Gasteiger partial charge in [0.25, 0.3) is 0 Å². The summed E-state index contributed by atoms with van der Waals surface area (Å²) in [4.78, 5) is 0. The van der Waals surface area contributed by atoms with E-state index in [4.69, 9.17) is 4.74 Å². The molecule has 0 aromatic heterocycles. The molecule has 5 aromatic rings. The molecule has 5 aromatic carbocycles. The zero-order valence-electron chi connectivity index (χ0n) is 17.5. The Balaban J connectivity index is 1.87. The van der Waals surface area contributed by atoms with E-state index in [9.17, 15) is 0 Å². The van der Waals surface area contributed by atoms with Crippen molar-refractivity contribution in [1.29, 1.82) is 0 Å². The van der Waals surface area contributed by atoms with Crippen LogP contribution in [0.5, 0.6) is 5.75 Å². The molecule has 0 radical (unpaired) electrons. The van der Waals surface area contributed by atoms with E-state index in [0.717, 1.165) is 5.75 Å². The maximum atomic E-state index is 5.44. The maximum absolute atomic E-state index is 5.44. The van der Waals surface area contributed by atoms with Gasteiger partial charge in [0.2, 0.25) is 0 Å². The fraction of sp³-hybridized carbons (Fsp3) is 0.0345. The van der Waals surface area contributed by atoms with E-state index in [1.54, 1.807) is 7.11 Å². The Kier molecular flexibility index (Phi) is 5.15. The van der Waals surface area contributed by atoms with E-state index in [0.29, 0.717) is 0 Å². The Morgan fingerprint density at radius 2 is 0.903 bits per heavy atom. The quantitative estimate of drug-likeness (QED) is 0.308. The van der Waals surface area contributed by atoms with E-state index in [-0.39, 0.29) is 0 Å². The molecule has 150 valence electrons. The van der Waals surface area contributed by atoms with Gasteiger partial charge in [0.1, 0.15) is 5.75 Å². The van der Waals surface area contributed by atoms with E-state index >= 15 is 0 Å². The molecule has 5 rings (SSSR count). The second-order valence-electron chi connectivity index (χ2n) is 7.78. The monoisotopic (exact) mass is 416 g/mol. The molecular weight excluding hydrogens is 392 g/mol. The number of ether oxygens (including phenoxy) is 1. The first-order valence-electron chi connectivity index (χ1n) is 10.6. The highest BCUT2D eigenvalue weighted by atomic mass is 28.3. The van der Waals surface area contributed by atoms with Gasteiger partial charge < -0.3 is 4.74 Å². The number of fused-ring (bicyclic) bond motifs is 1. The fourth-order valence-electron chi connectivity index (χ4n) is 4.65. The first-order chi connectivity index (χ1) is 15.3. The molecule has 0 saturated carbocycles. The van der Waals surface area contributed by atoms with E-state index in [2.05, 4.69) is 121 Å². The van der Waals surface area contributed by atoms with Crippen LogP contribution in [0.25, 0.3) is 10.8 Å². The molecule has 0 atom stereocenters. The van der Waals surface area contributed by atoms with Gasteiger partial charge in [-0.1, -0.05) is 115 Å². The van der Waals surface area contributed by atoms with Crippen LogP contribution < -0.4 is 25.5 Å². The smallest absolute Gasteiger partial charge is 0.179 e. The normalized spacial score (nSPS) is 11.4. The Morgan fingerprint density at radius 3 is 1.39 bits per heavy atom. The van der Waals surface area contributed by atoms with Gasteiger partial charge >= 0.3 is 0 Å². The summed E-state index contributed by atoms with van der Waals surface area (Å²) >= 11 is 0. The number of hydrogen-bond acceptors (Lipinski definition) is 1. The highest BCUT2D eigenvalue weighted by Gasteiger charge is 2.41. The van der Waals surface area contributed by atoms with Crippen LogP contribution in [0.2, 0.25) is 0 Å². The first-order valence-corrected chi connectivity index (χ1v) is 12.6. The van der Waals surface area contributed by atoms with Gasteiger partial charge in [-0.2, -0.15) is 0 Å². The number of benzene rings is 5. The van der Waals surface area contributed by atoms with Crippen LogP contribution in [0.4, 0.5) is 0 Å². The van der Waals surface area contributed by atoms with Crippen LogP contribution in [-0.2, 0) is 0 Å². The second kappa shape index (κ2) is 8.25. The molecule has 0 aliphatic rings. The highest BCUT2D eigenvalue weighted by molar-refractivity contribution is 7.20. The van der Waals surface area contributed by atoms with Gasteiger partial charge in [0.05, 0.1) is 7.11 Å². The molecule has 0 amide bonds. The van der Waals surface area contributed by atoms with Crippen molar-refractivity contribution in [3.63, 3.8) is 0 Å². The predicted molar refractivity (Wildman–Crippen MR) is 134 cm³/mol. The van der Waals surface area contributed by atoms with Gasteiger partial charge in [-0.05, 0) is 43.7 Å². The molecule has 0 bridgehead atoms. The summed E-state index contributed by atoms with van der Waals surface area (Å²) in [7, 11) is -0.754. The van der Waals surface area contributed by atoms with Crippen LogP contribution >= 0.6 is 0 Å². The standard InChI is InChI=1S/C29H24OSi/c1-30-25-19-17-24-22-29(20-18-23(24)21-25)31(26-11-5-2-6-12-26,27-13-7-3-8-14-27)28-15-9-4-10-16-28/h2-22H,1H3. The molecule has 0 spiro atoms. The molecular formula is C29H24OSi. The third kappa shape index (κ3) is 3.35. The summed E-state index contributed by atoms with van der Waals surface area (Å²) in [5, 5.41) is 7.98. The average Bonchev–Trinajstić information content (AvgIpc) is 2.86. The van der Waals surface area contributed by atoms with Crippen molar-refractivity contribution in [3.05, 3.63) is 127 Å². The number of hydrogen-bond donors (Lipinski definition) is 0. The molecule has 2 heteroatoms. The van der Waals surface area contributed by atoms with Crippen molar-refractivity contribution in [3.8, 4) is 5.75 Å². The van der Waals surface area contributed by atoms with E-state index in [1.165, 1.54) is 31.5 Å². The van der Waals surface area contributed by atoms with Gasteiger partial charge in [-0.3, -0.25) is 0 Å². The second-order valence-corrected chi connectivity index (χ2v) is 11.6. The lowest BCUT2D eigenvalue weighted by Gasteiger charge is -2.34. The topological polar surface area (TPSA) is 9.23 Å². The van der Waals surface area contributed by atoms with Crippen LogP contribution in [0.15, 0.2) is 127 Å². The summed E-state index contributed by atoms with van der Waals surface area (Å²) in [6, 6.07) is 46.3. The average molecular weight is 417 g/mol. The third-order valence-corrected chi connectivity index (χ3v) is 10.9. The summed E-state index contributed by atoms with van der Waals surface area (Å²) in [5.74, 6) is 0.887. The Hall–Kier alpha value is -3.62. The van der Waals surface area contributed by atoms with Crippen molar-refractivity contribution >= 4 is 39.6 Å². The SMILES string of the molecule is COc1ccc2cc([Si](c3ccccc3)(c3ccccc3)c3ccccc3)ccc2c1. The number of methoxy groups -OCH3 is 1. The lowest BCUT2D eigenvalue weighted by atomic mass is 10.1. The van der Waals surface area contributed by atoms with Gasteiger partial charge in [-0.15, -0.1) is 0 Å². The minimum absolute atomic E-state index is 0.887. The maximum Gasteiger partial charge on any atom is 0.179 e. The molecule has 0 N–H and O–H groups in total. The van der Waals surface area contributed by atoms with Crippen LogP contribution in [0, 0.1) is 0 Å². The van der Waals surface area contributed by atoms with Crippen molar-refractivity contribution in [2.24, 2.45) is 0 Å². The predicted octanol–water partition coefficient (Wildman–Crippen LogP) is 4.23. The molecule has 0 heterocycles. The first kappa shape index (κ1) is 19.3. The molecule has 0 saturated heterocycles. The molecule has 31 heavy (non-hydrogen) atoms.